The van der Waals surface area contributed by atoms with Gasteiger partial charge in [0, 0.05) is 43.1 Å². The number of fused-ring (bicyclic) bond motifs is 2. The van der Waals surface area contributed by atoms with Crippen molar-refractivity contribution in [3.8, 4) is 0 Å². The van der Waals surface area contributed by atoms with Gasteiger partial charge in [-0.05, 0) is 31.5 Å². The summed E-state index contributed by atoms with van der Waals surface area (Å²) < 4.78 is 19.6. The molecule has 0 radical (unpaired) electrons. The van der Waals surface area contributed by atoms with E-state index in [1.807, 2.05) is 26.1 Å². The Morgan fingerprint density at radius 2 is 2.09 bits per heavy atom. The largest absolute Gasteiger partial charge is 0.378 e. The highest BCUT2D eigenvalue weighted by molar-refractivity contribution is 6.31. The molecule has 2 aliphatic heterocycles. The number of aryl methyl sites for hydroxylation is 1. The summed E-state index contributed by atoms with van der Waals surface area (Å²) in [4.78, 5) is 9.53. The van der Waals surface area contributed by atoms with Crippen molar-refractivity contribution in [2.45, 2.75) is 25.9 Å². The molecule has 0 bridgehead atoms. The Hall–Kier alpha value is -2.55. The van der Waals surface area contributed by atoms with Crippen molar-refractivity contribution >= 4 is 34.0 Å². The number of hydrogen-bond donors (Lipinski definition) is 1. The minimum absolute atomic E-state index is 0.117. The number of hydrogen-bond acceptors (Lipinski definition) is 7. The minimum Gasteiger partial charge on any atom is -0.378 e. The predicted molar refractivity (Wildman–Crippen MR) is 124 cm³/mol. The molecule has 4 heterocycles. The Bertz CT molecular complexity index is 1140. The fraction of sp³-hybridized carbons (Fsp3) is 0.435. The number of benzene rings is 1. The Morgan fingerprint density at radius 1 is 1.22 bits per heavy atom. The van der Waals surface area contributed by atoms with E-state index >= 15 is 0 Å². The summed E-state index contributed by atoms with van der Waals surface area (Å²) in [5.74, 6) is 1.10. The molecule has 2 aromatic heterocycles. The monoisotopic (exact) mass is 456 g/mol. The van der Waals surface area contributed by atoms with Crippen molar-refractivity contribution in [3.63, 3.8) is 0 Å². The zero-order valence-electron chi connectivity index (χ0n) is 18.2. The van der Waals surface area contributed by atoms with E-state index in [9.17, 15) is 4.39 Å². The molecular formula is C23H26ClFN6O. The molecule has 0 amide bonds. The number of nitrogens with one attached hydrogen (secondary N) is 1. The number of anilines is 2. The quantitative estimate of drug-likeness (QED) is 0.640. The molecule has 7 nitrogen and oxygen atoms in total. The Labute approximate surface area is 191 Å². The molecule has 0 saturated carbocycles. The van der Waals surface area contributed by atoms with E-state index in [2.05, 4.69) is 31.4 Å². The van der Waals surface area contributed by atoms with Crippen LogP contribution in [0.5, 0.6) is 0 Å². The Morgan fingerprint density at radius 3 is 2.97 bits per heavy atom. The summed E-state index contributed by atoms with van der Waals surface area (Å²) in [5, 5.41) is 14.1. The Balaban J connectivity index is 1.46. The van der Waals surface area contributed by atoms with Crippen LogP contribution in [-0.4, -0.2) is 65.5 Å². The van der Waals surface area contributed by atoms with E-state index < -0.39 is 5.82 Å². The summed E-state index contributed by atoms with van der Waals surface area (Å²) in [6, 6.07) is 7.03. The normalized spacial score (nSPS) is 20.2. The second kappa shape index (κ2) is 8.77. The van der Waals surface area contributed by atoms with Crippen molar-refractivity contribution in [2.24, 2.45) is 0 Å². The smallest absolute Gasteiger partial charge is 0.157 e. The van der Waals surface area contributed by atoms with E-state index in [0.717, 1.165) is 61.7 Å². The fourth-order valence-corrected chi connectivity index (χ4v) is 4.82. The van der Waals surface area contributed by atoms with Gasteiger partial charge in [-0.3, -0.25) is 4.90 Å². The van der Waals surface area contributed by atoms with Crippen molar-refractivity contribution in [1.29, 1.82) is 0 Å². The van der Waals surface area contributed by atoms with Crippen LogP contribution in [0, 0.1) is 12.7 Å². The summed E-state index contributed by atoms with van der Waals surface area (Å²) >= 11 is 6.20. The van der Waals surface area contributed by atoms with Gasteiger partial charge in [-0.2, -0.15) is 5.10 Å². The lowest BCUT2D eigenvalue weighted by atomic mass is 10.1. The van der Waals surface area contributed by atoms with Gasteiger partial charge in [0.25, 0.3) is 0 Å². The van der Waals surface area contributed by atoms with Gasteiger partial charge in [0.1, 0.15) is 11.6 Å². The number of nitrogens with zero attached hydrogens (tertiary/aromatic N) is 5. The van der Waals surface area contributed by atoms with Crippen molar-refractivity contribution < 1.29 is 9.13 Å². The van der Waals surface area contributed by atoms with Crippen molar-refractivity contribution in [3.05, 3.63) is 52.6 Å². The molecule has 2 fully saturated rings. The molecule has 5 rings (SSSR count). The first-order chi connectivity index (χ1) is 15.5. The highest BCUT2D eigenvalue weighted by atomic mass is 35.5. The van der Waals surface area contributed by atoms with Crippen LogP contribution >= 0.6 is 11.6 Å². The molecule has 0 spiro atoms. The molecule has 0 aliphatic carbocycles. The molecule has 1 aromatic carbocycles. The van der Waals surface area contributed by atoms with Gasteiger partial charge in [0.05, 0.1) is 36.0 Å². The van der Waals surface area contributed by atoms with Crippen LogP contribution in [0.1, 0.15) is 24.2 Å². The number of morpholine rings is 1. The topological polar surface area (TPSA) is 66.4 Å². The van der Waals surface area contributed by atoms with E-state index in [1.165, 1.54) is 6.07 Å². The lowest BCUT2D eigenvalue weighted by Gasteiger charge is -2.44. The van der Waals surface area contributed by atoms with E-state index in [0.29, 0.717) is 17.4 Å². The van der Waals surface area contributed by atoms with Gasteiger partial charge < -0.3 is 15.0 Å². The molecular weight excluding hydrogens is 431 g/mol. The molecule has 1 N–H and O–H groups in total. The van der Waals surface area contributed by atoms with Crippen LogP contribution in [0.3, 0.4) is 0 Å². The van der Waals surface area contributed by atoms with Gasteiger partial charge in [-0.1, -0.05) is 23.7 Å². The first-order valence-electron chi connectivity index (χ1n) is 10.9. The zero-order chi connectivity index (χ0) is 22.2. The average Bonchev–Trinajstić information content (AvgIpc) is 2.82. The number of ether oxygens (including phenoxy) is 1. The van der Waals surface area contributed by atoms with Crippen LogP contribution < -0.4 is 10.2 Å². The molecule has 32 heavy (non-hydrogen) atoms. The van der Waals surface area contributed by atoms with Gasteiger partial charge in [-0.25, -0.2) is 9.37 Å². The maximum absolute atomic E-state index is 13.9. The van der Waals surface area contributed by atoms with Crippen LogP contribution in [-0.2, 0) is 4.74 Å². The average molecular weight is 457 g/mol. The van der Waals surface area contributed by atoms with Gasteiger partial charge >= 0.3 is 0 Å². The second-order valence-corrected chi connectivity index (χ2v) is 8.82. The number of rotatable bonds is 4. The molecule has 2 atom stereocenters. The summed E-state index contributed by atoms with van der Waals surface area (Å²) in [6.07, 6.45) is 1.86. The van der Waals surface area contributed by atoms with E-state index in [4.69, 9.17) is 21.3 Å². The molecule has 2 saturated heterocycles. The summed E-state index contributed by atoms with van der Waals surface area (Å²) in [7, 11) is 0. The van der Waals surface area contributed by atoms with E-state index in [1.54, 1.807) is 6.07 Å². The number of pyridine rings is 1. The number of piperazine rings is 1. The lowest BCUT2D eigenvalue weighted by Crippen LogP contribution is -2.58. The standard InChI is InChI=1S/C23H26ClFN6O/c1-14(17-4-3-5-20(25)22(17)24)27-23-18-10-21(26-11-19(18)15(2)28-29-23)31-7-6-30-8-9-32-13-16(30)12-31/h3-5,10-11,14,16H,6-9,12-13H2,1-2H3,(H,27,29)/t14-,16?/m1/s1. The van der Waals surface area contributed by atoms with Crippen molar-refractivity contribution in [1.82, 2.24) is 20.1 Å². The van der Waals surface area contributed by atoms with Gasteiger partial charge in [0.2, 0.25) is 0 Å². The number of aromatic nitrogens is 3. The highest BCUT2D eigenvalue weighted by Crippen LogP contribution is 2.32. The number of halogens is 2. The van der Waals surface area contributed by atoms with Crippen LogP contribution in [0.15, 0.2) is 30.5 Å². The van der Waals surface area contributed by atoms with Gasteiger partial charge in [-0.15, -0.1) is 5.10 Å². The third-order valence-corrected chi connectivity index (χ3v) is 6.80. The van der Waals surface area contributed by atoms with Gasteiger partial charge in [0.15, 0.2) is 5.82 Å². The molecule has 168 valence electrons. The molecule has 1 unspecified atom stereocenters. The highest BCUT2D eigenvalue weighted by Gasteiger charge is 2.30. The Kier molecular flexibility index (Phi) is 5.84. The van der Waals surface area contributed by atoms with Crippen molar-refractivity contribution in [2.75, 3.05) is 49.6 Å². The van der Waals surface area contributed by atoms with Crippen LogP contribution in [0.25, 0.3) is 10.8 Å². The first-order valence-corrected chi connectivity index (χ1v) is 11.3. The summed E-state index contributed by atoms with van der Waals surface area (Å²) in [5.41, 5.74) is 1.48. The molecule has 9 heteroatoms. The third-order valence-electron chi connectivity index (χ3n) is 6.40. The summed E-state index contributed by atoms with van der Waals surface area (Å²) in [6.45, 7) is 9.22. The minimum atomic E-state index is -0.435. The maximum Gasteiger partial charge on any atom is 0.157 e. The molecule has 3 aromatic rings. The SMILES string of the molecule is Cc1nnc(N[C@H](C)c2cccc(F)c2Cl)c2cc(N3CCN4CCOCC4C3)ncc12. The van der Waals surface area contributed by atoms with Crippen LogP contribution in [0.4, 0.5) is 16.0 Å². The maximum atomic E-state index is 13.9. The second-order valence-electron chi connectivity index (χ2n) is 8.44. The zero-order valence-corrected chi connectivity index (χ0v) is 18.9. The lowest BCUT2D eigenvalue weighted by molar-refractivity contribution is -0.0117. The van der Waals surface area contributed by atoms with Crippen LogP contribution in [0.2, 0.25) is 5.02 Å². The fourth-order valence-electron chi connectivity index (χ4n) is 4.53. The molecule has 2 aliphatic rings. The first kappa shape index (κ1) is 21.3. The predicted octanol–water partition coefficient (Wildman–Crippen LogP) is 3.82. The van der Waals surface area contributed by atoms with E-state index in [-0.39, 0.29) is 11.1 Å². The third kappa shape index (κ3) is 3.98.